The predicted octanol–water partition coefficient (Wildman–Crippen LogP) is 5.13. The number of benzene rings is 2. The van der Waals surface area contributed by atoms with Crippen molar-refractivity contribution in [1.82, 2.24) is 9.97 Å². The van der Waals surface area contributed by atoms with Gasteiger partial charge in [-0.25, -0.2) is 22.6 Å². The Morgan fingerprint density at radius 2 is 1.52 bits per heavy atom. The molecule has 0 radical (unpaired) electrons. The fourth-order valence-corrected chi connectivity index (χ4v) is 4.24. The van der Waals surface area contributed by atoms with E-state index in [2.05, 4.69) is 9.97 Å². The summed E-state index contributed by atoms with van der Waals surface area (Å²) in [6, 6.07) is 10.8. The second-order valence-electron chi connectivity index (χ2n) is 6.18. The highest BCUT2D eigenvalue weighted by Crippen LogP contribution is 2.39. The molecule has 1 atom stereocenters. The zero-order valence-corrected chi connectivity index (χ0v) is 18.2. The lowest BCUT2D eigenvalue weighted by molar-refractivity contribution is -0.144. The van der Waals surface area contributed by atoms with Crippen molar-refractivity contribution < 1.29 is 30.4 Å². The molecule has 1 N–H and O–H groups in total. The summed E-state index contributed by atoms with van der Waals surface area (Å²) in [5.41, 5.74) is 0.890. The van der Waals surface area contributed by atoms with Gasteiger partial charge in [0.15, 0.2) is 11.1 Å². The highest BCUT2D eigenvalue weighted by Gasteiger charge is 2.36. The standard InChI is InChI=1S/C18H11Cl2F3N2O4S2/c19-16-14(11-5-7-13(8-6-11)31(20,28)29)15(24-17(25-16)18(21,22)23)12-3-1-10(2-4-12)9-30(26)27/h1-8H,9H2,(H,26,27). The Balaban J connectivity index is 2.20. The largest absolute Gasteiger partial charge is 0.451 e. The lowest BCUT2D eigenvalue weighted by Gasteiger charge is -2.15. The molecule has 164 valence electrons. The van der Waals surface area contributed by atoms with Gasteiger partial charge in [0.25, 0.3) is 9.05 Å². The molecule has 2 aromatic carbocycles. The summed E-state index contributed by atoms with van der Waals surface area (Å²) in [6.07, 6.45) is -4.86. The van der Waals surface area contributed by atoms with Crippen LogP contribution in [0.25, 0.3) is 22.4 Å². The first-order valence-electron chi connectivity index (χ1n) is 8.23. The normalized spacial score (nSPS) is 13.2. The van der Waals surface area contributed by atoms with Crippen LogP contribution >= 0.6 is 22.3 Å². The van der Waals surface area contributed by atoms with E-state index in [9.17, 15) is 25.8 Å². The minimum absolute atomic E-state index is 0.0478. The SMILES string of the molecule is O=S(O)Cc1ccc(-c2nc(C(F)(F)F)nc(Cl)c2-c2ccc(S(=O)(=O)Cl)cc2)cc1. The molecule has 31 heavy (non-hydrogen) atoms. The molecule has 0 spiro atoms. The number of aromatic nitrogens is 2. The number of alkyl halides is 3. The maximum atomic E-state index is 13.3. The van der Waals surface area contributed by atoms with E-state index < -0.39 is 37.3 Å². The van der Waals surface area contributed by atoms with E-state index in [-0.39, 0.29) is 33.0 Å². The van der Waals surface area contributed by atoms with Gasteiger partial charge in [0, 0.05) is 21.8 Å². The average Bonchev–Trinajstić information content (AvgIpc) is 2.66. The molecule has 0 aliphatic carbocycles. The number of rotatable bonds is 5. The van der Waals surface area contributed by atoms with Crippen LogP contribution in [0.5, 0.6) is 0 Å². The second-order valence-corrected chi connectivity index (χ2v) is 10.0. The summed E-state index contributed by atoms with van der Waals surface area (Å²) in [7, 11) is 1.29. The first kappa shape index (κ1) is 23.6. The lowest BCUT2D eigenvalue weighted by Crippen LogP contribution is -2.13. The van der Waals surface area contributed by atoms with E-state index in [1.165, 1.54) is 48.5 Å². The number of nitrogens with zero attached hydrogens (tertiary/aromatic N) is 2. The van der Waals surface area contributed by atoms with Gasteiger partial charge in [-0.15, -0.1) is 0 Å². The van der Waals surface area contributed by atoms with Crippen molar-refractivity contribution in [3.8, 4) is 22.4 Å². The van der Waals surface area contributed by atoms with Crippen LogP contribution in [0, 0.1) is 0 Å². The van der Waals surface area contributed by atoms with E-state index in [1.54, 1.807) is 0 Å². The molecule has 1 aromatic heterocycles. The van der Waals surface area contributed by atoms with E-state index in [1.807, 2.05) is 0 Å². The molecule has 3 aromatic rings. The van der Waals surface area contributed by atoms with E-state index in [0.717, 1.165) is 0 Å². The minimum atomic E-state index is -4.86. The Bertz CT molecular complexity index is 1250. The molecule has 0 aliphatic rings. The van der Waals surface area contributed by atoms with Crippen molar-refractivity contribution in [2.45, 2.75) is 16.8 Å². The quantitative estimate of drug-likeness (QED) is 0.290. The molecule has 0 saturated heterocycles. The molecule has 0 bridgehead atoms. The van der Waals surface area contributed by atoms with Crippen LogP contribution in [0.15, 0.2) is 53.4 Å². The van der Waals surface area contributed by atoms with Gasteiger partial charge in [-0.2, -0.15) is 13.2 Å². The molecule has 1 unspecified atom stereocenters. The Morgan fingerprint density at radius 3 is 2.00 bits per heavy atom. The molecule has 0 amide bonds. The van der Waals surface area contributed by atoms with E-state index in [4.69, 9.17) is 26.8 Å². The number of hydrogen-bond donors (Lipinski definition) is 1. The summed E-state index contributed by atoms with van der Waals surface area (Å²) >= 11 is 4.00. The van der Waals surface area contributed by atoms with Gasteiger partial charge in [0.1, 0.15) is 5.15 Å². The Hall–Kier alpha value is -2.05. The topological polar surface area (TPSA) is 97.2 Å². The van der Waals surface area contributed by atoms with Gasteiger partial charge in [0.2, 0.25) is 5.82 Å². The molecular weight excluding hydrogens is 500 g/mol. The molecule has 13 heteroatoms. The van der Waals surface area contributed by atoms with E-state index >= 15 is 0 Å². The molecule has 6 nitrogen and oxygen atoms in total. The third-order valence-corrected chi connectivity index (χ3v) is 6.28. The lowest BCUT2D eigenvalue weighted by atomic mass is 10.00. The van der Waals surface area contributed by atoms with Gasteiger partial charge in [-0.3, -0.25) is 0 Å². The van der Waals surface area contributed by atoms with Gasteiger partial charge < -0.3 is 4.55 Å². The third-order valence-electron chi connectivity index (χ3n) is 4.06. The Labute approximate surface area is 186 Å². The van der Waals surface area contributed by atoms with E-state index in [0.29, 0.717) is 5.56 Å². The fourth-order valence-electron chi connectivity index (χ4n) is 2.71. The summed E-state index contributed by atoms with van der Waals surface area (Å²) in [5, 5.41) is -0.487. The third kappa shape index (κ3) is 5.60. The number of halogens is 5. The van der Waals surface area contributed by atoms with Gasteiger partial charge in [-0.05, 0) is 23.3 Å². The van der Waals surface area contributed by atoms with Crippen molar-refractivity contribution in [3.63, 3.8) is 0 Å². The van der Waals surface area contributed by atoms with Gasteiger partial charge in [-0.1, -0.05) is 48.0 Å². The second kappa shape index (κ2) is 8.83. The first-order chi connectivity index (χ1) is 14.4. The molecule has 0 aliphatic heterocycles. The van der Waals surface area contributed by atoms with Crippen molar-refractivity contribution in [3.05, 3.63) is 65.1 Å². The zero-order valence-electron chi connectivity index (χ0n) is 15.1. The minimum Gasteiger partial charge on any atom is -0.306 e. The van der Waals surface area contributed by atoms with Crippen LogP contribution in [-0.4, -0.2) is 27.1 Å². The van der Waals surface area contributed by atoms with Crippen molar-refractivity contribution in [1.29, 1.82) is 0 Å². The van der Waals surface area contributed by atoms with Crippen molar-refractivity contribution >= 4 is 42.4 Å². The summed E-state index contributed by atoms with van der Waals surface area (Å²) in [4.78, 5) is 6.78. The highest BCUT2D eigenvalue weighted by molar-refractivity contribution is 8.13. The maximum absolute atomic E-state index is 13.3. The maximum Gasteiger partial charge on any atom is 0.451 e. The van der Waals surface area contributed by atoms with Gasteiger partial charge in [0.05, 0.1) is 16.3 Å². The van der Waals surface area contributed by atoms with Crippen LogP contribution in [-0.2, 0) is 32.1 Å². The summed E-state index contributed by atoms with van der Waals surface area (Å²) in [6.45, 7) is 0. The summed E-state index contributed by atoms with van der Waals surface area (Å²) in [5.74, 6) is -1.60. The van der Waals surface area contributed by atoms with Crippen LogP contribution in [0.1, 0.15) is 11.4 Å². The Kier molecular flexibility index (Phi) is 6.72. The van der Waals surface area contributed by atoms with Crippen LogP contribution < -0.4 is 0 Å². The molecule has 0 fully saturated rings. The predicted molar refractivity (Wildman–Crippen MR) is 110 cm³/mol. The highest BCUT2D eigenvalue weighted by atomic mass is 35.7. The summed E-state index contributed by atoms with van der Waals surface area (Å²) < 4.78 is 82.6. The molecule has 3 rings (SSSR count). The average molecular weight is 511 g/mol. The molecular formula is C18H11Cl2F3N2O4S2. The zero-order chi connectivity index (χ0) is 23.0. The smallest absolute Gasteiger partial charge is 0.306 e. The van der Waals surface area contributed by atoms with Crippen molar-refractivity contribution in [2.24, 2.45) is 0 Å². The van der Waals surface area contributed by atoms with Crippen LogP contribution in [0.2, 0.25) is 5.15 Å². The first-order valence-corrected chi connectivity index (χ1v) is 12.2. The van der Waals surface area contributed by atoms with Crippen LogP contribution in [0.4, 0.5) is 13.2 Å². The molecule has 0 saturated carbocycles. The van der Waals surface area contributed by atoms with Crippen LogP contribution in [0.3, 0.4) is 0 Å². The Morgan fingerprint density at radius 1 is 0.968 bits per heavy atom. The van der Waals surface area contributed by atoms with Gasteiger partial charge >= 0.3 is 6.18 Å². The van der Waals surface area contributed by atoms with Crippen molar-refractivity contribution in [2.75, 3.05) is 0 Å². The monoisotopic (exact) mass is 510 g/mol. The number of hydrogen-bond acceptors (Lipinski definition) is 5. The fraction of sp³-hybridized carbons (Fsp3) is 0.111. The molecule has 1 heterocycles.